The number of hydrogen-bond donors (Lipinski definition) is 2. The van der Waals surface area contributed by atoms with E-state index in [4.69, 9.17) is 33.7 Å². The minimum absolute atomic E-state index is 0.134. The monoisotopic (exact) mass is 320 g/mol. The second kappa shape index (κ2) is 6.22. The second-order valence-corrected chi connectivity index (χ2v) is 6.75. The summed E-state index contributed by atoms with van der Waals surface area (Å²) in [5, 5.41) is 3.60. The van der Waals surface area contributed by atoms with Crippen molar-refractivity contribution in [3.63, 3.8) is 0 Å². The molecule has 1 atom stereocenters. The lowest BCUT2D eigenvalue weighted by Crippen LogP contribution is -2.34. The lowest BCUT2D eigenvalue weighted by Gasteiger charge is -2.27. The molecule has 3 N–H and O–H groups in total. The number of rotatable bonds is 4. The summed E-state index contributed by atoms with van der Waals surface area (Å²) in [6.45, 7) is 3.24. The number of benzene rings is 1. The van der Waals surface area contributed by atoms with Gasteiger partial charge in [-0.1, -0.05) is 23.2 Å². The van der Waals surface area contributed by atoms with E-state index in [1.807, 2.05) is 6.92 Å². The Balaban J connectivity index is 2.01. The molecule has 0 spiro atoms. The molecule has 1 aliphatic heterocycles. The van der Waals surface area contributed by atoms with Crippen LogP contribution in [0, 0.1) is 0 Å². The highest BCUT2D eigenvalue weighted by molar-refractivity contribution is 8.01. The van der Waals surface area contributed by atoms with Gasteiger partial charge in [-0.2, -0.15) is 0 Å². The van der Waals surface area contributed by atoms with Crippen molar-refractivity contribution in [2.24, 2.45) is 0 Å². The largest absolute Gasteiger partial charge is 0.399 e. The molecular weight excluding hydrogens is 307 g/mol. The van der Waals surface area contributed by atoms with Crippen LogP contribution in [0.15, 0.2) is 12.1 Å². The van der Waals surface area contributed by atoms with Gasteiger partial charge in [-0.25, -0.2) is 0 Å². The van der Waals surface area contributed by atoms with E-state index in [2.05, 4.69) is 5.32 Å². The Labute approximate surface area is 126 Å². The molecule has 0 saturated carbocycles. The molecule has 19 heavy (non-hydrogen) atoms. The number of thioether (sulfide) groups is 1. The van der Waals surface area contributed by atoms with Crippen molar-refractivity contribution in [3.8, 4) is 0 Å². The lowest BCUT2D eigenvalue weighted by molar-refractivity contribution is -0.115. The van der Waals surface area contributed by atoms with Crippen LogP contribution in [0.5, 0.6) is 0 Å². The van der Waals surface area contributed by atoms with Gasteiger partial charge < -0.3 is 15.8 Å². The molecule has 1 fully saturated rings. The summed E-state index contributed by atoms with van der Waals surface area (Å²) in [4.78, 5) is 12.1. The van der Waals surface area contributed by atoms with Crippen molar-refractivity contribution < 1.29 is 9.53 Å². The predicted octanol–water partition coefficient (Wildman–Crippen LogP) is 3.03. The van der Waals surface area contributed by atoms with Crippen LogP contribution in [-0.2, 0) is 9.53 Å². The maximum Gasteiger partial charge on any atom is 0.237 e. The molecule has 0 aliphatic carbocycles. The first-order valence-corrected chi connectivity index (χ1v) is 7.46. The molecule has 1 aromatic carbocycles. The molecule has 0 bridgehead atoms. The molecule has 4 nitrogen and oxygen atoms in total. The number of anilines is 2. The third-order valence-electron chi connectivity index (χ3n) is 2.69. The summed E-state index contributed by atoms with van der Waals surface area (Å²) in [5.74, 6) is -0.134. The Hall–Kier alpha value is -0.620. The fraction of sp³-hybridized carbons (Fsp3) is 0.417. The minimum Gasteiger partial charge on any atom is -0.399 e. The molecule has 0 radical (unpaired) electrons. The Morgan fingerprint density at radius 2 is 2.05 bits per heavy atom. The first-order valence-electron chi connectivity index (χ1n) is 5.76. The Morgan fingerprint density at radius 3 is 2.53 bits per heavy atom. The zero-order valence-corrected chi connectivity index (χ0v) is 12.6. The molecule has 1 saturated heterocycles. The van der Waals surface area contributed by atoms with Crippen molar-refractivity contribution >= 4 is 52.2 Å². The Kier molecular flexibility index (Phi) is 4.84. The highest BCUT2D eigenvalue weighted by Crippen LogP contribution is 2.33. The van der Waals surface area contributed by atoms with E-state index in [0.717, 1.165) is 0 Å². The number of carbonyl (C=O) groups excluding carboxylic acids is 1. The molecule has 1 unspecified atom stereocenters. The molecule has 7 heteroatoms. The van der Waals surface area contributed by atoms with Gasteiger partial charge in [0, 0.05) is 5.69 Å². The van der Waals surface area contributed by atoms with Crippen LogP contribution < -0.4 is 11.1 Å². The molecule has 104 valence electrons. The number of nitrogen functional groups attached to an aromatic ring is 1. The van der Waals surface area contributed by atoms with Gasteiger partial charge in [0.25, 0.3) is 0 Å². The van der Waals surface area contributed by atoms with E-state index in [1.54, 1.807) is 23.9 Å². The zero-order chi connectivity index (χ0) is 14.0. The number of hydrogen-bond acceptors (Lipinski definition) is 4. The average Bonchev–Trinajstić information content (AvgIpc) is 2.27. The lowest BCUT2D eigenvalue weighted by atomic mass is 10.2. The molecule has 2 rings (SSSR count). The maximum atomic E-state index is 12.1. The van der Waals surface area contributed by atoms with E-state index in [0.29, 0.717) is 39.9 Å². The van der Waals surface area contributed by atoms with Gasteiger partial charge in [-0.05, 0) is 19.1 Å². The smallest absolute Gasteiger partial charge is 0.237 e. The van der Waals surface area contributed by atoms with E-state index in [-0.39, 0.29) is 11.2 Å². The first-order chi connectivity index (χ1) is 8.97. The topological polar surface area (TPSA) is 64.3 Å². The van der Waals surface area contributed by atoms with Crippen molar-refractivity contribution in [2.45, 2.75) is 17.4 Å². The second-order valence-electron chi connectivity index (χ2n) is 4.29. The Bertz CT molecular complexity index is 472. The fourth-order valence-electron chi connectivity index (χ4n) is 1.58. The molecule has 1 aliphatic rings. The van der Waals surface area contributed by atoms with Crippen LogP contribution >= 0.6 is 35.0 Å². The summed E-state index contributed by atoms with van der Waals surface area (Å²) in [6.07, 6.45) is 0. The number of nitrogens with two attached hydrogens (primary N) is 1. The van der Waals surface area contributed by atoms with Crippen molar-refractivity contribution in [3.05, 3.63) is 22.2 Å². The predicted molar refractivity (Wildman–Crippen MR) is 81.2 cm³/mol. The van der Waals surface area contributed by atoms with Gasteiger partial charge in [-0.15, -0.1) is 11.8 Å². The van der Waals surface area contributed by atoms with Crippen molar-refractivity contribution in [1.29, 1.82) is 0 Å². The van der Waals surface area contributed by atoms with Crippen LogP contribution in [0.2, 0.25) is 10.0 Å². The SMILES string of the molecule is CC(SC1COC1)C(=O)Nc1c(Cl)cc(N)cc1Cl. The van der Waals surface area contributed by atoms with E-state index in [1.165, 1.54) is 0 Å². The number of nitrogens with one attached hydrogen (secondary N) is 1. The normalized spacial score (nSPS) is 16.8. The van der Waals surface area contributed by atoms with E-state index >= 15 is 0 Å². The molecule has 1 aromatic rings. The van der Waals surface area contributed by atoms with Crippen LogP contribution in [0.4, 0.5) is 11.4 Å². The Morgan fingerprint density at radius 1 is 1.47 bits per heavy atom. The van der Waals surface area contributed by atoms with Crippen molar-refractivity contribution in [1.82, 2.24) is 0 Å². The zero-order valence-electron chi connectivity index (χ0n) is 10.3. The third kappa shape index (κ3) is 3.69. The molecular formula is C12H14Cl2N2O2S. The van der Waals surface area contributed by atoms with Gasteiger partial charge in [0.2, 0.25) is 5.91 Å². The quantitative estimate of drug-likeness (QED) is 0.837. The molecule has 1 heterocycles. The summed E-state index contributed by atoms with van der Waals surface area (Å²) in [6, 6.07) is 3.11. The van der Waals surface area contributed by atoms with Gasteiger partial charge in [0.1, 0.15) is 0 Å². The first kappa shape index (κ1) is 14.8. The van der Waals surface area contributed by atoms with Gasteiger partial charge in [0.15, 0.2) is 0 Å². The summed E-state index contributed by atoms with van der Waals surface area (Å²) >= 11 is 13.6. The van der Waals surface area contributed by atoms with Crippen LogP contribution in [0.25, 0.3) is 0 Å². The molecule has 1 amide bonds. The van der Waals surface area contributed by atoms with Crippen LogP contribution in [0.3, 0.4) is 0 Å². The van der Waals surface area contributed by atoms with E-state index < -0.39 is 0 Å². The fourth-order valence-corrected chi connectivity index (χ4v) is 3.29. The summed E-state index contributed by atoms with van der Waals surface area (Å²) in [5.41, 5.74) is 6.47. The maximum absolute atomic E-state index is 12.1. The number of carbonyl (C=O) groups is 1. The number of ether oxygens (including phenoxy) is 1. The third-order valence-corrected chi connectivity index (χ3v) is 4.56. The average molecular weight is 321 g/mol. The van der Waals surface area contributed by atoms with Gasteiger partial charge >= 0.3 is 0 Å². The van der Waals surface area contributed by atoms with Crippen LogP contribution in [0.1, 0.15) is 6.92 Å². The summed E-state index contributed by atoms with van der Waals surface area (Å²) in [7, 11) is 0. The van der Waals surface area contributed by atoms with E-state index in [9.17, 15) is 4.79 Å². The van der Waals surface area contributed by atoms with Gasteiger partial charge in [-0.3, -0.25) is 4.79 Å². The highest BCUT2D eigenvalue weighted by Gasteiger charge is 2.25. The molecule has 0 aromatic heterocycles. The number of amides is 1. The highest BCUT2D eigenvalue weighted by atomic mass is 35.5. The summed E-state index contributed by atoms with van der Waals surface area (Å²) < 4.78 is 5.08. The standard InChI is InChI=1S/C12H14Cl2N2O2S/c1-6(19-8-4-18-5-8)12(17)16-11-9(13)2-7(15)3-10(11)14/h2-3,6,8H,4-5,15H2,1H3,(H,16,17). The minimum atomic E-state index is -0.196. The van der Waals surface area contributed by atoms with Crippen molar-refractivity contribution in [2.75, 3.05) is 24.3 Å². The van der Waals surface area contributed by atoms with Crippen LogP contribution in [-0.4, -0.2) is 29.6 Å². The number of halogens is 2. The van der Waals surface area contributed by atoms with Gasteiger partial charge in [0.05, 0.1) is 39.4 Å².